The number of aryl methyl sites for hydroxylation is 1. The summed E-state index contributed by atoms with van der Waals surface area (Å²) in [5, 5.41) is 5.41. The molecular weight excluding hydrogens is 361 g/mol. The van der Waals surface area contributed by atoms with Crippen LogP contribution in [0.15, 0.2) is 29.6 Å². The van der Waals surface area contributed by atoms with Gasteiger partial charge in [-0.3, -0.25) is 4.79 Å². The van der Waals surface area contributed by atoms with Crippen LogP contribution in [0.5, 0.6) is 0 Å². The molecule has 1 aliphatic rings. The fourth-order valence-electron chi connectivity index (χ4n) is 3.28. The number of rotatable bonds is 4. The van der Waals surface area contributed by atoms with Crippen LogP contribution in [0.3, 0.4) is 0 Å². The van der Waals surface area contributed by atoms with Crippen molar-refractivity contribution in [3.63, 3.8) is 0 Å². The van der Waals surface area contributed by atoms with Crippen molar-refractivity contribution in [1.29, 1.82) is 0 Å². The number of nitrogens with one attached hydrogen (secondary N) is 1. The van der Waals surface area contributed by atoms with Gasteiger partial charge in [0, 0.05) is 17.0 Å². The molecule has 1 saturated carbocycles. The van der Waals surface area contributed by atoms with Gasteiger partial charge >= 0.3 is 6.18 Å². The maximum atomic E-state index is 12.9. The Bertz CT molecular complexity index is 755. The summed E-state index contributed by atoms with van der Waals surface area (Å²) < 4.78 is 38.6. The van der Waals surface area contributed by atoms with E-state index in [9.17, 15) is 18.0 Å². The summed E-state index contributed by atoms with van der Waals surface area (Å²) in [5.41, 5.74) is 2.80. The van der Waals surface area contributed by atoms with Crippen LogP contribution in [0, 0.1) is 12.8 Å². The van der Waals surface area contributed by atoms with Crippen molar-refractivity contribution in [2.24, 2.45) is 5.92 Å². The highest BCUT2D eigenvalue weighted by molar-refractivity contribution is 7.13. The van der Waals surface area contributed by atoms with E-state index in [1.807, 2.05) is 36.6 Å². The van der Waals surface area contributed by atoms with Gasteiger partial charge in [-0.15, -0.1) is 11.3 Å². The Labute approximate surface area is 154 Å². The quantitative estimate of drug-likeness (QED) is 0.817. The van der Waals surface area contributed by atoms with Crippen LogP contribution >= 0.6 is 11.3 Å². The average Bonchev–Trinajstić information content (AvgIpc) is 3.03. The van der Waals surface area contributed by atoms with Crippen LogP contribution in [0.4, 0.5) is 13.2 Å². The Hall–Kier alpha value is -1.89. The second kappa shape index (κ2) is 7.78. The van der Waals surface area contributed by atoms with E-state index in [0.717, 1.165) is 16.1 Å². The van der Waals surface area contributed by atoms with Gasteiger partial charge in [-0.2, -0.15) is 13.2 Å². The van der Waals surface area contributed by atoms with E-state index in [1.165, 1.54) is 11.3 Å². The van der Waals surface area contributed by atoms with Gasteiger partial charge in [0.05, 0.1) is 18.0 Å². The third kappa shape index (κ3) is 4.84. The number of amides is 1. The van der Waals surface area contributed by atoms with Crippen molar-refractivity contribution in [2.45, 2.75) is 51.2 Å². The molecule has 1 aromatic carbocycles. The molecule has 1 fully saturated rings. The summed E-state index contributed by atoms with van der Waals surface area (Å²) in [6, 6.07) is 7.57. The molecule has 1 aliphatic carbocycles. The average molecular weight is 382 g/mol. The van der Waals surface area contributed by atoms with E-state index in [-0.39, 0.29) is 25.2 Å². The zero-order valence-electron chi connectivity index (χ0n) is 14.5. The molecule has 140 valence electrons. The number of hydrogen-bond donors (Lipinski definition) is 1. The summed E-state index contributed by atoms with van der Waals surface area (Å²) in [5.74, 6) is -1.58. The van der Waals surface area contributed by atoms with E-state index in [2.05, 4.69) is 10.3 Å². The lowest BCUT2D eigenvalue weighted by atomic mass is 9.85. The molecule has 0 radical (unpaired) electrons. The lowest BCUT2D eigenvalue weighted by Gasteiger charge is -2.31. The Morgan fingerprint density at radius 1 is 1.27 bits per heavy atom. The predicted molar refractivity (Wildman–Crippen MR) is 95.9 cm³/mol. The van der Waals surface area contributed by atoms with E-state index in [4.69, 9.17) is 0 Å². The summed E-state index contributed by atoms with van der Waals surface area (Å²) in [7, 11) is 0. The molecule has 1 N–H and O–H groups in total. The molecule has 3 rings (SSSR count). The second-order valence-corrected chi connectivity index (χ2v) is 7.71. The molecule has 2 atom stereocenters. The lowest BCUT2D eigenvalue weighted by Crippen LogP contribution is -2.42. The second-order valence-electron chi connectivity index (χ2n) is 6.86. The first-order chi connectivity index (χ1) is 12.3. The minimum Gasteiger partial charge on any atom is -0.353 e. The number of carbonyl (C=O) groups excluding carboxylic acids is 1. The minimum absolute atomic E-state index is 0.0269. The first-order valence-corrected chi connectivity index (χ1v) is 9.57. The summed E-state index contributed by atoms with van der Waals surface area (Å²) in [6.45, 7) is 2.01. The number of nitrogens with zero attached hydrogens (tertiary/aromatic N) is 1. The van der Waals surface area contributed by atoms with Gasteiger partial charge in [-0.25, -0.2) is 4.98 Å². The van der Waals surface area contributed by atoms with Crippen LogP contribution in [0.1, 0.15) is 36.9 Å². The molecule has 26 heavy (non-hydrogen) atoms. The van der Waals surface area contributed by atoms with Crippen molar-refractivity contribution in [1.82, 2.24) is 10.3 Å². The summed E-state index contributed by atoms with van der Waals surface area (Å²) in [6.07, 6.45) is -2.87. The molecule has 1 heterocycles. The molecule has 0 saturated heterocycles. The van der Waals surface area contributed by atoms with E-state index < -0.39 is 18.1 Å². The number of aromatic nitrogens is 1. The van der Waals surface area contributed by atoms with Gasteiger partial charge in [0.1, 0.15) is 5.01 Å². The van der Waals surface area contributed by atoms with Crippen LogP contribution in [0.25, 0.3) is 10.6 Å². The highest BCUT2D eigenvalue weighted by Crippen LogP contribution is 2.37. The van der Waals surface area contributed by atoms with Crippen molar-refractivity contribution >= 4 is 17.2 Å². The van der Waals surface area contributed by atoms with Gasteiger partial charge in [0.15, 0.2) is 0 Å². The van der Waals surface area contributed by atoms with Crippen LogP contribution in [-0.4, -0.2) is 23.1 Å². The first-order valence-electron chi connectivity index (χ1n) is 8.69. The molecule has 0 unspecified atom stereocenters. The molecule has 1 aromatic heterocycles. The van der Waals surface area contributed by atoms with Crippen LogP contribution < -0.4 is 5.32 Å². The number of hydrogen-bond acceptors (Lipinski definition) is 3. The molecule has 0 bridgehead atoms. The maximum absolute atomic E-state index is 12.9. The predicted octanol–water partition coefficient (Wildman–Crippen LogP) is 4.90. The number of alkyl halides is 3. The van der Waals surface area contributed by atoms with Crippen molar-refractivity contribution < 1.29 is 18.0 Å². The van der Waals surface area contributed by atoms with Crippen molar-refractivity contribution in [3.8, 4) is 10.6 Å². The van der Waals surface area contributed by atoms with Gasteiger partial charge in [-0.1, -0.05) is 36.2 Å². The molecule has 2 aromatic rings. The highest BCUT2D eigenvalue weighted by atomic mass is 32.1. The van der Waals surface area contributed by atoms with Gasteiger partial charge in [0.2, 0.25) is 5.91 Å². The maximum Gasteiger partial charge on any atom is 0.391 e. The van der Waals surface area contributed by atoms with Crippen LogP contribution in [0.2, 0.25) is 0 Å². The van der Waals surface area contributed by atoms with Gasteiger partial charge < -0.3 is 5.32 Å². The summed E-state index contributed by atoms with van der Waals surface area (Å²) >= 11 is 1.46. The van der Waals surface area contributed by atoms with E-state index in [0.29, 0.717) is 18.5 Å². The van der Waals surface area contributed by atoms with Gasteiger partial charge in [-0.05, 0) is 26.2 Å². The fraction of sp³-hybridized carbons (Fsp3) is 0.474. The SMILES string of the molecule is Cc1ccc(-c2nc(CC(=O)N[C@@H]3CCC[C@@H](C(F)(F)F)C3)cs2)cc1. The molecular formula is C19H21F3N2OS. The topological polar surface area (TPSA) is 42.0 Å². The highest BCUT2D eigenvalue weighted by Gasteiger charge is 2.42. The molecule has 0 aliphatic heterocycles. The van der Waals surface area contributed by atoms with Crippen molar-refractivity contribution in [2.75, 3.05) is 0 Å². The Kier molecular flexibility index (Phi) is 5.65. The molecule has 3 nitrogen and oxygen atoms in total. The zero-order valence-corrected chi connectivity index (χ0v) is 15.3. The molecule has 1 amide bonds. The molecule has 7 heteroatoms. The smallest absolute Gasteiger partial charge is 0.353 e. The van der Waals surface area contributed by atoms with Gasteiger partial charge in [0.25, 0.3) is 0 Å². The minimum atomic E-state index is -4.18. The standard InChI is InChI=1S/C19H21F3N2OS/c1-12-5-7-13(8-6-12)18-24-16(11-26-18)10-17(25)23-15-4-2-3-14(9-15)19(20,21)22/h5-8,11,14-15H,2-4,9-10H2,1H3,(H,23,25)/t14-,15-/m1/s1. The van der Waals surface area contributed by atoms with E-state index >= 15 is 0 Å². The number of carbonyl (C=O) groups is 1. The van der Waals surface area contributed by atoms with E-state index in [1.54, 1.807) is 0 Å². The Balaban J connectivity index is 1.56. The zero-order chi connectivity index (χ0) is 18.7. The van der Waals surface area contributed by atoms with Crippen LogP contribution in [-0.2, 0) is 11.2 Å². The number of thiazole rings is 1. The largest absolute Gasteiger partial charge is 0.391 e. The Morgan fingerprint density at radius 2 is 2.00 bits per heavy atom. The Morgan fingerprint density at radius 3 is 2.69 bits per heavy atom. The third-order valence-corrected chi connectivity index (χ3v) is 5.63. The lowest BCUT2D eigenvalue weighted by molar-refractivity contribution is -0.184. The number of halogens is 3. The normalized spacial score (nSPS) is 20.8. The van der Waals surface area contributed by atoms with Crippen molar-refractivity contribution in [3.05, 3.63) is 40.9 Å². The number of benzene rings is 1. The fourth-order valence-corrected chi connectivity index (χ4v) is 4.10. The summed E-state index contributed by atoms with van der Waals surface area (Å²) in [4.78, 5) is 16.7. The monoisotopic (exact) mass is 382 g/mol. The molecule has 0 spiro atoms. The first kappa shape index (κ1) is 18.9. The third-order valence-electron chi connectivity index (χ3n) is 4.69.